The molecule has 4 nitrogen and oxygen atoms in total. The van der Waals surface area contributed by atoms with E-state index in [-0.39, 0.29) is 5.91 Å². The second-order valence-electron chi connectivity index (χ2n) is 5.79. The molecule has 5 heteroatoms. The molecule has 0 unspecified atom stereocenters. The van der Waals surface area contributed by atoms with Gasteiger partial charge in [-0.15, -0.1) is 0 Å². The number of aryl methyl sites for hydroxylation is 1. The van der Waals surface area contributed by atoms with E-state index in [1.165, 1.54) is 0 Å². The van der Waals surface area contributed by atoms with Gasteiger partial charge < -0.3 is 4.90 Å². The topological polar surface area (TPSA) is 38.1 Å². The number of rotatable bonds is 3. The predicted octanol–water partition coefficient (Wildman–Crippen LogP) is 3.44. The zero-order chi connectivity index (χ0) is 15.7. The maximum atomic E-state index is 12.7. The third-order valence-electron chi connectivity index (χ3n) is 4.27. The molecule has 1 aromatic carbocycles. The minimum absolute atomic E-state index is 0.109. The van der Waals surface area contributed by atoms with Crippen LogP contribution in [0.5, 0.6) is 0 Å². The van der Waals surface area contributed by atoms with Crippen molar-refractivity contribution < 1.29 is 4.79 Å². The fourth-order valence-electron chi connectivity index (χ4n) is 3.03. The van der Waals surface area contributed by atoms with E-state index in [1.54, 1.807) is 0 Å². The number of benzene rings is 1. The van der Waals surface area contributed by atoms with Crippen LogP contribution in [0.15, 0.2) is 24.3 Å². The second-order valence-corrected chi connectivity index (χ2v) is 6.20. The summed E-state index contributed by atoms with van der Waals surface area (Å²) in [5, 5.41) is 5.27. The molecular weight excluding hydrogens is 298 g/mol. The fourth-order valence-corrected chi connectivity index (χ4v) is 3.22. The molecule has 1 fully saturated rings. The van der Waals surface area contributed by atoms with Crippen LogP contribution in [-0.2, 0) is 6.54 Å². The lowest BCUT2D eigenvalue weighted by Gasteiger charge is -2.15. The van der Waals surface area contributed by atoms with Gasteiger partial charge in [0.25, 0.3) is 5.91 Å². The van der Waals surface area contributed by atoms with Crippen LogP contribution in [0.2, 0.25) is 5.02 Å². The molecule has 2 aromatic rings. The molecule has 1 aliphatic rings. The zero-order valence-corrected chi connectivity index (χ0v) is 13.7. The molecule has 1 aromatic heterocycles. The Morgan fingerprint density at radius 2 is 1.91 bits per heavy atom. The quantitative estimate of drug-likeness (QED) is 0.869. The largest absolute Gasteiger partial charge is 0.339 e. The molecule has 0 aliphatic carbocycles. The van der Waals surface area contributed by atoms with Crippen molar-refractivity contribution in [3.05, 3.63) is 51.8 Å². The first-order valence-corrected chi connectivity index (χ1v) is 8.02. The second kappa shape index (κ2) is 6.13. The van der Waals surface area contributed by atoms with Crippen molar-refractivity contribution in [2.45, 2.75) is 33.2 Å². The van der Waals surface area contributed by atoms with Gasteiger partial charge >= 0.3 is 0 Å². The highest BCUT2D eigenvalue weighted by Crippen LogP contribution is 2.22. The van der Waals surface area contributed by atoms with E-state index in [1.807, 2.05) is 47.7 Å². The minimum Gasteiger partial charge on any atom is -0.339 e. The first kappa shape index (κ1) is 15.1. The van der Waals surface area contributed by atoms with E-state index in [0.29, 0.717) is 6.54 Å². The summed E-state index contributed by atoms with van der Waals surface area (Å²) in [5.41, 5.74) is 3.46. The Morgan fingerprint density at radius 1 is 1.23 bits per heavy atom. The number of hydrogen-bond donors (Lipinski definition) is 0. The molecule has 1 aliphatic heterocycles. The molecule has 116 valence electrons. The van der Waals surface area contributed by atoms with E-state index in [0.717, 1.165) is 53.5 Å². The summed E-state index contributed by atoms with van der Waals surface area (Å²) in [6.07, 6.45) is 2.19. The minimum atomic E-state index is 0.109. The molecule has 0 bridgehead atoms. The summed E-state index contributed by atoms with van der Waals surface area (Å²) < 4.78 is 1.87. The van der Waals surface area contributed by atoms with E-state index < -0.39 is 0 Å². The summed E-state index contributed by atoms with van der Waals surface area (Å²) in [6, 6.07) is 7.73. The summed E-state index contributed by atoms with van der Waals surface area (Å²) in [7, 11) is 0. The Labute approximate surface area is 135 Å². The van der Waals surface area contributed by atoms with Crippen molar-refractivity contribution in [1.29, 1.82) is 0 Å². The lowest BCUT2D eigenvalue weighted by atomic mass is 10.1. The van der Waals surface area contributed by atoms with Crippen LogP contribution in [-0.4, -0.2) is 33.7 Å². The van der Waals surface area contributed by atoms with Crippen LogP contribution in [0.25, 0.3) is 0 Å². The van der Waals surface area contributed by atoms with Crippen LogP contribution < -0.4 is 0 Å². The van der Waals surface area contributed by atoms with Crippen LogP contribution in [0.4, 0.5) is 0 Å². The summed E-state index contributed by atoms with van der Waals surface area (Å²) in [6.45, 7) is 6.15. The van der Waals surface area contributed by atoms with Gasteiger partial charge in [0.05, 0.1) is 17.8 Å². The zero-order valence-electron chi connectivity index (χ0n) is 13.0. The summed E-state index contributed by atoms with van der Waals surface area (Å²) in [5.74, 6) is 0.109. The third kappa shape index (κ3) is 2.75. The maximum Gasteiger partial charge on any atom is 0.257 e. The molecule has 0 saturated carbocycles. The van der Waals surface area contributed by atoms with Crippen LogP contribution in [0, 0.1) is 13.8 Å². The molecule has 1 saturated heterocycles. The molecule has 0 radical (unpaired) electrons. The lowest BCUT2D eigenvalue weighted by molar-refractivity contribution is 0.0791. The highest BCUT2D eigenvalue weighted by molar-refractivity contribution is 6.31. The number of halogens is 1. The van der Waals surface area contributed by atoms with Crippen LogP contribution >= 0.6 is 11.6 Å². The van der Waals surface area contributed by atoms with Gasteiger partial charge in [-0.05, 0) is 38.3 Å². The SMILES string of the molecule is Cc1nn(Cc2ccccc2Cl)c(C)c1C(=O)N1CCCC1. The molecule has 3 rings (SSSR count). The van der Waals surface area contributed by atoms with Crippen molar-refractivity contribution >= 4 is 17.5 Å². The van der Waals surface area contributed by atoms with Gasteiger partial charge in [-0.3, -0.25) is 9.48 Å². The Morgan fingerprint density at radius 3 is 2.59 bits per heavy atom. The van der Waals surface area contributed by atoms with E-state index in [9.17, 15) is 4.79 Å². The predicted molar refractivity (Wildman–Crippen MR) is 87.4 cm³/mol. The normalized spacial score (nSPS) is 14.6. The third-order valence-corrected chi connectivity index (χ3v) is 4.64. The van der Waals surface area contributed by atoms with Gasteiger partial charge in [0.2, 0.25) is 0 Å². The van der Waals surface area contributed by atoms with Crippen molar-refractivity contribution in [1.82, 2.24) is 14.7 Å². The number of aromatic nitrogens is 2. The van der Waals surface area contributed by atoms with E-state index in [4.69, 9.17) is 11.6 Å². The van der Waals surface area contributed by atoms with Gasteiger partial charge in [-0.1, -0.05) is 29.8 Å². The Bertz CT molecular complexity index is 702. The molecule has 1 amide bonds. The molecule has 0 atom stereocenters. The van der Waals surface area contributed by atoms with Crippen molar-refractivity contribution in [3.63, 3.8) is 0 Å². The van der Waals surface area contributed by atoms with Gasteiger partial charge in [0, 0.05) is 23.8 Å². The first-order chi connectivity index (χ1) is 10.6. The highest BCUT2D eigenvalue weighted by atomic mass is 35.5. The molecule has 2 heterocycles. The smallest absolute Gasteiger partial charge is 0.257 e. The van der Waals surface area contributed by atoms with Gasteiger partial charge in [0.1, 0.15) is 0 Å². The highest BCUT2D eigenvalue weighted by Gasteiger charge is 2.25. The number of amides is 1. The molecule has 0 N–H and O–H groups in total. The first-order valence-electron chi connectivity index (χ1n) is 7.64. The standard InChI is InChI=1S/C17H20ClN3O/c1-12-16(17(22)20-9-5-6-10-20)13(2)21(19-12)11-14-7-3-4-8-15(14)18/h3-4,7-8H,5-6,9-11H2,1-2H3. The molecule has 0 spiro atoms. The Hall–Kier alpha value is -1.81. The monoisotopic (exact) mass is 317 g/mol. The number of carbonyl (C=O) groups excluding carboxylic acids is 1. The van der Waals surface area contributed by atoms with Crippen LogP contribution in [0.3, 0.4) is 0 Å². The maximum absolute atomic E-state index is 12.7. The average Bonchev–Trinajstić information content (AvgIpc) is 3.11. The average molecular weight is 318 g/mol. The Balaban J connectivity index is 1.90. The number of carbonyl (C=O) groups is 1. The Kier molecular flexibility index (Phi) is 4.21. The van der Waals surface area contributed by atoms with Crippen molar-refractivity contribution in [3.8, 4) is 0 Å². The number of likely N-dealkylation sites (tertiary alicyclic amines) is 1. The van der Waals surface area contributed by atoms with Crippen molar-refractivity contribution in [2.75, 3.05) is 13.1 Å². The number of nitrogens with zero attached hydrogens (tertiary/aromatic N) is 3. The van der Waals surface area contributed by atoms with Gasteiger partial charge in [0.15, 0.2) is 0 Å². The molecule has 22 heavy (non-hydrogen) atoms. The molecular formula is C17H20ClN3O. The van der Waals surface area contributed by atoms with E-state index >= 15 is 0 Å². The summed E-state index contributed by atoms with van der Waals surface area (Å²) in [4.78, 5) is 14.6. The fraction of sp³-hybridized carbons (Fsp3) is 0.412. The summed E-state index contributed by atoms with van der Waals surface area (Å²) >= 11 is 6.22. The van der Waals surface area contributed by atoms with E-state index in [2.05, 4.69) is 5.10 Å². The number of hydrogen-bond acceptors (Lipinski definition) is 2. The van der Waals surface area contributed by atoms with Crippen molar-refractivity contribution in [2.24, 2.45) is 0 Å². The van der Waals surface area contributed by atoms with Crippen LogP contribution in [0.1, 0.15) is 40.2 Å². The lowest BCUT2D eigenvalue weighted by Crippen LogP contribution is -2.28. The van der Waals surface area contributed by atoms with Gasteiger partial charge in [-0.25, -0.2) is 0 Å². The van der Waals surface area contributed by atoms with Gasteiger partial charge in [-0.2, -0.15) is 5.10 Å².